The highest BCUT2D eigenvalue weighted by Gasteiger charge is 2.13. The Bertz CT molecular complexity index is 566. The predicted molar refractivity (Wildman–Crippen MR) is 71.0 cm³/mol. The van der Waals surface area contributed by atoms with Gasteiger partial charge >= 0.3 is 0 Å². The molecule has 0 atom stereocenters. The zero-order chi connectivity index (χ0) is 12.4. The first-order chi connectivity index (χ1) is 8.08. The highest BCUT2D eigenvalue weighted by Crippen LogP contribution is 2.20. The first kappa shape index (κ1) is 12.3. The van der Waals surface area contributed by atoms with Crippen molar-refractivity contribution in [3.05, 3.63) is 45.0 Å². The summed E-state index contributed by atoms with van der Waals surface area (Å²) in [5.74, 6) is -0.242. The molecule has 0 saturated heterocycles. The van der Waals surface area contributed by atoms with Crippen LogP contribution >= 0.6 is 31.9 Å². The second kappa shape index (κ2) is 5.01. The minimum absolute atomic E-state index is 0.242. The number of nitrogens with one attached hydrogen (secondary N) is 1. The number of hydrogen-bond donors (Lipinski definition) is 1. The molecule has 2 aromatic heterocycles. The van der Waals surface area contributed by atoms with Gasteiger partial charge in [-0.05, 0) is 56.5 Å². The highest BCUT2D eigenvalue weighted by molar-refractivity contribution is 9.10. The van der Waals surface area contributed by atoms with Crippen LogP contribution in [-0.4, -0.2) is 10.9 Å². The summed E-state index contributed by atoms with van der Waals surface area (Å²) in [5, 5.41) is 2.74. The first-order valence-corrected chi connectivity index (χ1v) is 6.33. The topological polar surface area (TPSA) is 55.1 Å². The number of aromatic nitrogens is 1. The van der Waals surface area contributed by atoms with Gasteiger partial charge in [-0.25, -0.2) is 4.98 Å². The van der Waals surface area contributed by atoms with Crippen LogP contribution in [0.15, 0.2) is 38.3 Å². The Morgan fingerprint density at radius 1 is 1.47 bits per heavy atom. The molecule has 1 amide bonds. The molecule has 0 aliphatic rings. The molecule has 0 aliphatic carbocycles. The van der Waals surface area contributed by atoms with Gasteiger partial charge in [0, 0.05) is 0 Å². The van der Waals surface area contributed by atoms with Crippen LogP contribution in [0.5, 0.6) is 0 Å². The quantitative estimate of drug-likeness (QED) is 0.830. The predicted octanol–water partition coefficient (Wildman–Crippen LogP) is 3.76. The van der Waals surface area contributed by atoms with Gasteiger partial charge < -0.3 is 9.73 Å². The maximum absolute atomic E-state index is 11.9. The van der Waals surface area contributed by atoms with Crippen molar-refractivity contribution in [2.24, 2.45) is 0 Å². The first-order valence-electron chi connectivity index (χ1n) is 4.74. The molecule has 1 N–H and O–H groups in total. The molecule has 0 fully saturated rings. The Labute approximate surface area is 115 Å². The fourth-order valence-corrected chi connectivity index (χ4v) is 1.92. The summed E-state index contributed by atoms with van der Waals surface area (Å²) in [5.41, 5.74) is 2.04. The summed E-state index contributed by atoms with van der Waals surface area (Å²) in [4.78, 5) is 16.0. The SMILES string of the molecule is Cc1cc(NC(=O)c2ccoc2Br)cnc1Br. The lowest BCUT2D eigenvalue weighted by molar-refractivity contribution is 0.102. The van der Waals surface area contributed by atoms with E-state index in [1.807, 2.05) is 13.0 Å². The molecule has 2 heterocycles. The van der Waals surface area contributed by atoms with Crippen molar-refractivity contribution in [3.8, 4) is 0 Å². The molecular formula is C11H8Br2N2O2. The summed E-state index contributed by atoms with van der Waals surface area (Å²) in [6.45, 7) is 1.90. The number of rotatable bonds is 2. The maximum atomic E-state index is 11.9. The number of carbonyl (C=O) groups excluding carboxylic acids is 1. The third kappa shape index (κ3) is 2.76. The number of carbonyl (C=O) groups is 1. The molecule has 0 radical (unpaired) electrons. The molecular weight excluding hydrogens is 352 g/mol. The van der Waals surface area contributed by atoms with Gasteiger partial charge in [0.15, 0.2) is 4.67 Å². The number of aryl methyl sites for hydroxylation is 1. The van der Waals surface area contributed by atoms with Crippen molar-refractivity contribution in [3.63, 3.8) is 0 Å². The lowest BCUT2D eigenvalue weighted by Crippen LogP contribution is -2.11. The zero-order valence-corrected chi connectivity index (χ0v) is 12.0. The molecule has 0 unspecified atom stereocenters. The number of halogens is 2. The van der Waals surface area contributed by atoms with Crippen LogP contribution in [0.4, 0.5) is 5.69 Å². The van der Waals surface area contributed by atoms with Crippen LogP contribution in [0, 0.1) is 6.92 Å². The van der Waals surface area contributed by atoms with Gasteiger partial charge in [-0.15, -0.1) is 0 Å². The van der Waals surface area contributed by atoms with E-state index >= 15 is 0 Å². The Morgan fingerprint density at radius 2 is 2.24 bits per heavy atom. The fraction of sp³-hybridized carbons (Fsp3) is 0.0909. The van der Waals surface area contributed by atoms with E-state index < -0.39 is 0 Å². The van der Waals surface area contributed by atoms with Gasteiger partial charge in [0.2, 0.25) is 0 Å². The lowest BCUT2D eigenvalue weighted by atomic mass is 10.2. The summed E-state index contributed by atoms with van der Waals surface area (Å²) >= 11 is 6.46. The number of furan rings is 1. The Hall–Kier alpha value is -1.14. The van der Waals surface area contributed by atoms with Crippen molar-refractivity contribution < 1.29 is 9.21 Å². The van der Waals surface area contributed by atoms with Crippen LogP contribution in [0.2, 0.25) is 0 Å². The Kier molecular flexibility index (Phi) is 3.63. The van der Waals surface area contributed by atoms with Crippen molar-refractivity contribution in [2.45, 2.75) is 6.92 Å². The van der Waals surface area contributed by atoms with Crippen LogP contribution < -0.4 is 5.32 Å². The minimum Gasteiger partial charge on any atom is -0.457 e. The van der Waals surface area contributed by atoms with Gasteiger partial charge in [0.1, 0.15) is 4.60 Å². The largest absolute Gasteiger partial charge is 0.457 e. The summed E-state index contributed by atoms with van der Waals surface area (Å²) in [6.07, 6.45) is 3.03. The van der Waals surface area contributed by atoms with Crippen molar-refractivity contribution >= 4 is 43.5 Å². The number of nitrogens with zero attached hydrogens (tertiary/aromatic N) is 1. The number of pyridine rings is 1. The zero-order valence-electron chi connectivity index (χ0n) is 8.83. The van der Waals surface area contributed by atoms with E-state index in [9.17, 15) is 4.79 Å². The smallest absolute Gasteiger partial charge is 0.260 e. The fourth-order valence-electron chi connectivity index (χ4n) is 1.28. The van der Waals surface area contributed by atoms with E-state index in [1.54, 1.807) is 12.3 Å². The highest BCUT2D eigenvalue weighted by atomic mass is 79.9. The molecule has 88 valence electrons. The van der Waals surface area contributed by atoms with Gasteiger partial charge in [-0.3, -0.25) is 4.79 Å². The van der Waals surface area contributed by atoms with Crippen LogP contribution in [-0.2, 0) is 0 Å². The van der Waals surface area contributed by atoms with E-state index in [-0.39, 0.29) is 5.91 Å². The molecule has 0 spiro atoms. The minimum atomic E-state index is -0.242. The van der Waals surface area contributed by atoms with E-state index in [0.29, 0.717) is 15.9 Å². The third-order valence-corrected chi connectivity index (χ3v) is 3.58. The van der Waals surface area contributed by atoms with E-state index in [4.69, 9.17) is 4.42 Å². The van der Waals surface area contributed by atoms with Crippen molar-refractivity contribution in [1.29, 1.82) is 0 Å². The Balaban J connectivity index is 2.19. The summed E-state index contributed by atoms with van der Waals surface area (Å²) in [7, 11) is 0. The van der Waals surface area contributed by atoms with Crippen molar-refractivity contribution in [1.82, 2.24) is 4.98 Å². The molecule has 0 bridgehead atoms. The second-order valence-electron chi connectivity index (χ2n) is 3.39. The molecule has 0 aromatic carbocycles. The van der Waals surface area contributed by atoms with E-state index in [0.717, 1.165) is 10.2 Å². The van der Waals surface area contributed by atoms with Gasteiger partial charge in [0.25, 0.3) is 5.91 Å². The maximum Gasteiger partial charge on any atom is 0.260 e. The van der Waals surface area contributed by atoms with Crippen LogP contribution in [0.25, 0.3) is 0 Å². The number of amides is 1. The summed E-state index contributed by atoms with van der Waals surface area (Å²) < 4.78 is 6.18. The van der Waals surface area contributed by atoms with E-state index in [1.165, 1.54) is 6.26 Å². The average molecular weight is 360 g/mol. The molecule has 0 aliphatic heterocycles. The number of anilines is 1. The number of hydrogen-bond acceptors (Lipinski definition) is 3. The normalized spacial score (nSPS) is 10.3. The molecule has 0 saturated carbocycles. The summed E-state index contributed by atoms with van der Waals surface area (Å²) in [6, 6.07) is 3.43. The van der Waals surface area contributed by atoms with Crippen LogP contribution in [0.1, 0.15) is 15.9 Å². The van der Waals surface area contributed by atoms with Crippen molar-refractivity contribution in [2.75, 3.05) is 5.32 Å². The lowest BCUT2D eigenvalue weighted by Gasteiger charge is -2.05. The Morgan fingerprint density at radius 3 is 2.82 bits per heavy atom. The molecule has 2 rings (SSSR count). The standard InChI is InChI=1S/C11H8Br2N2O2/c1-6-4-7(5-14-9(6)12)15-11(16)8-2-3-17-10(8)13/h2-5H,1H3,(H,15,16). The average Bonchev–Trinajstić information content (AvgIpc) is 2.70. The monoisotopic (exact) mass is 358 g/mol. The second-order valence-corrected chi connectivity index (χ2v) is 4.87. The molecule has 4 nitrogen and oxygen atoms in total. The third-order valence-electron chi connectivity index (χ3n) is 2.13. The van der Waals surface area contributed by atoms with E-state index in [2.05, 4.69) is 42.2 Å². The van der Waals surface area contributed by atoms with Crippen LogP contribution in [0.3, 0.4) is 0 Å². The van der Waals surface area contributed by atoms with Gasteiger partial charge in [0.05, 0.1) is 23.7 Å². The van der Waals surface area contributed by atoms with Gasteiger partial charge in [-0.1, -0.05) is 0 Å². The molecule has 6 heteroatoms. The molecule has 2 aromatic rings. The molecule has 17 heavy (non-hydrogen) atoms. The van der Waals surface area contributed by atoms with Gasteiger partial charge in [-0.2, -0.15) is 0 Å².